The van der Waals surface area contributed by atoms with Gasteiger partial charge in [-0.15, -0.1) is 0 Å². The summed E-state index contributed by atoms with van der Waals surface area (Å²) >= 11 is 0. The van der Waals surface area contributed by atoms with Gasteiger partial charge in [0.25, 0.3) is 0 Å². The third-order valence-corrected chi connectivity index (χ3v) is 4.55. The molecule has 2 atom stereocenters. The van der Waals surface area contributed by atoms with Crippen LogP contribution in [0.2, 0.25) is 0 Å². The first-order valence-corrected chi connectivity index (χ1v) is 7.88. The lowest BCUT2D eigenvalue weighted by Crippen LogP contribution is -2.29. The second-order valence-electron chi connectivity index (χ2n) is 5.72. The van der Waals surface area contributed by atoms with Gasteiger partial charge in [-0.3, -0.25) is 0 Å². The Balaban J connectivity index is 2.41. The van der Waals surface area contributed by atoms with Crippen LogP contribution in [0.3, 0.4) is 0 Å². The maximum absolute atomic E-state index is 10.9. The number of carbonyl (C=O) groups excluding carboxylic acids is 2. The Hall–Kier alpha value is -2.22. The predicted molar refractivity (Wildman–Crippen MR) is 91.9 cm³/mol. The van der Waals surface area contributed by atoms with Crippen LogP contribution in [0.15, 0.2) is 57.7 Å². The molecule has 120 valence electrons. The molecule has 4 N–H and O–H groups in total. The van der Waals surface area contributed by atoms with E-state index in [-0.39, 0.29) is 0 Å². The Bertz CT molecular complexity index is 662. The summed E-state index contributed by atoms with van der Waals surface area (Å²) in [6.45, 7) is 4.06. The molecule has 0 spiro atoms. The van der Waals surface area contributed by atoms with E-state index >= 15 is 0 Å². The summed E-state index contributed by atoms with van der Waals surface area (Å²) in [5.74, 6) is 3.82. The van der Waals surface area contributed by atoms with Crippen LogP contribution in [0.4, 0.5) is 0 Å². The van der Waals surface area contributed by atoms with Gasteiger partial charge in [-0.25, -0.2) is 9.59 Å². The molecule has 0 aliphatic heterocycles. The predicted octanol–water partition coefficient (Wildman–Crippen LogP) is 2.10. The second kappa shape index (κ2) is 7.36. The van der Waals surface area contributed by atoms with Gasteiger partial charge in [0.2, 0.25) is 0 Å². The average Bonchev–Trinajstić information content (AvgIpc) is 2.56. The number of hydrogen-bond acceptors (Lipinski definition) is 4. The van der Waals surface area contributed by atoms with E-state index in [1.807, 2.05) is 37.9 Å². The Labute approximate surface area is 136 Å². The van der Waals surface area contributed by atoms with Crippen molar-refractivity contribution in [1.82, 2.24) is 0 Å². The van der Waals surface area contributed by atoms with Crippen LogP contribution in [-0.2, 0) is 9.59 Å². The van der Waals surface area contributed by atoms with Gasteiger partial charge in [0.1, 0.15) is 11.9 Å². The summed E-state index contributed by atoms with van der Waals surface area (Å²) in [5, 5.41) is 0. The van der Waals surface area contributed by atoms with Crippen molar-refractivity contribution >= 4 is 11.9 Å². The molecule has 0 fully saturated rings. The van der Waals surface area contributed by atoms with E-state index in [1.54, 1.807) is 12.2 Å². The summed E-state index contributed by atoms with van der Waals surface area (Å²) in [6, 6.07) is -0.787. The maximum atomic E-state index is 10.9. The Morgan fingerprint density at radius 2 is 1.22 bits per heavy atom. The molecule has 0 amide bonds. The highest BCUT2D eigenvalue weighted by atomic mass is 16.1. The molecule has 2 aliphatic rings. The lowest BCUT2D eigenvalue weighted by Gasteiger charge is -2.26. The standard InChI is InChI=1S/C19H22N2O2/c1-3-16-12(5-7-14(10-22)18(16)20)9-13-6-8-15(11-23)19(21)17(13)4-2/h5-8,18-19H,3-4,9,20-21H2,1-2H3. The van der Waals surface area contributed by atoms with Crippen molar-refractivity contribution in [2.75, 3.05) is 0 Å². The molecular weight excluding hydrogens is 288 g/mol. The highest BCUT2D eigenvalue weighted by Crippen LogP contribution is 2.32. The minimum atomic E-state index is -0.394. The van der Waals surface area contributed by atoms with Crippen molar-refractivity contribution in [2.24, 2.45) is 11.5 Å². The molecule has 0 radical (unpaired) electrons. The first-order valence-electron chi connectivity index (χ1n) is 7.88. The number of hydrogen-bond donors (Lipinski definition) is 2. The van der Waals surface area contributed by atoms with Crippen molar-refractivity contribution in [3.63, 3.8) is 0 Å². The van der Waals surface area contributed by atoms with Gasteiger partial charge >= 0.3 is 0 Å². The molecule has 2 aliphatic carbocycles. The van der Waals surface area contributed by atoms with Gasteiger partial charge in [0.15, 0.2) is 0 Å². The van der Waals surface area contributed by atoms with Crippen LogP contribution < -0.4 is 11.5 Å². The van der Waals surface area contributed by atoms with E-state index in [0.29, 0.717) is 17.6 Å². The van der Waals surface area contributed by atoms with E-state index in [9.17, 15) is 9.59 Å². The van der Waals surface area contributed by atoms with Crippen LogP contribution in [-0.4, -0.2) is 24.0 Å². The molecule has 0 aromatic rings. The molecule has 2 unspecified atom stereocenters. The van der Waals surface area contributed by atoms with Crippen LogP contribution in [0, 0.1) is 0 Å². The van der Waals surface area contributed by atoms with Gasteiger partial charge in [-0.1, -0.05) is 26.0 Å². The summed E-state index contributed by atoms with van der Waals surface area (Å²) in [5.41, 5.74) is 17.6. The molecule has 4 nitrogen and oxygen atoms in total. The zero-order valence-electron chi connectivity index (χ0n) is 13.6. The SMILES string of the molecule is CCC1=C(CC2=C(CC)C(N)C(=C=O)C=C2)C=CC(=C=O)C1N. The average molecular weight is 310 g/mol. The van der Waals surface area contributed by atoms with Crippen LogP contribution >= 0.6 is 0 Å². The fourth-order valence-corrected chi connectivity index (χ4v) is 3.22. The van der Waals surface area contributed by atoms with Crippen LogP contribution in [0.5, 0.6) is 0 Å². The highest BCUT2D eigenvalue weighted by molar-refractivity contribution is 5.67. The third-order valence-electron chi connectivity index (χ3n) is 4.55. The van der Waals surface area contributed by atoms with E-state index < -0.39 is 12.1 Å². The zero-order chi connectivity index (χ0) is 17.0. The van der Waals surface area contributed by atoms with Crippen molar-refractivity contribution in [3.05, 3.63) is 57.7 Å². The van der Waals surface area contributed by atoms with Gasteiger partial charge in [-0.05, 0) is 53.7 Å². The Kier molecular flexibility index (Phi) is 5.49. The minimum absolute atomic E-state index is 0.394. The van der Waals surface area contributed by atoms with Gasteiger partial charge in [0.05, 0.1) is 23.2 Å². The quantitative estimate of drug-likeness (QED) is 0.779. The Morgan fingerprint density at radius 3 is 1.52 bits per heavy atom. The smallest absolute Gasteiger partial charge is 0.129 e. The molecule has 0 saturated heterocycles. The topological polar surface area (TPSA) is 86.2 Å². The normalized spacial score (nSPS) is 24.2. The summed E-state index contributed by atoms with van der Waals surface area (Å²) in [4.78, 5) is 21.9. The van der Waals surface area contributed by atoms with Crippen LogP contribution in [0.25, 0.3) is 0 Å². The molecule has 0 bridgehead atoms. The summed E-state index contributed by atoms with van der Waals surface area (Å²) in [7, 11) is 0. The number of rotatable bonds is 4. The first kappa shape index (κ1) is 17.1. The van der Waals surface area contributed by atoms with Crippen LogP contribution in [0.1, 0.15) is 33.1 Å². The number of allylic oxidation sites excluding steroid dienone is 4. The molecular formula is C19H22N2O2. The first-order chi connectivity index (χ1) is 11.1. The maximum Gasteiger partial charge on any atom is 0.129 e. The fraction of sp³-hybridized carbons (Fsp3) is 0.368. The lowest BCUT2D eigenvalue weighted by atomic mass is 9.81. The van der Waals surface area contributed by atoms with E-state index in [4.69, 9.17) is 11.5 Å². The van der Waals surface area contributed by atoms with Crippen molar-refractivity contribution in [3.8, 4) is 0 Å². The lowest BCUT2D eigenvalue weighted by molar-refractivity contribution is 0.565. The van der Waals surface area contributed by atoms with Gasteiger partial charge < -0.3 is 11.5 Å². The van der Waals surface area contributed by atoms with Crippen molar-refractivity contribution < 1.29 is 9.59 Å². The molecule has 0 aromatic heterocycles. The molecule has 0 aromatic carbocycles. The molecule has 23 heavy (non-hydrogen) atoms. The molecule has 0 heterocycles. The highest BCUT2D eigenvalue weighted by Gasteiger charge is 2.24. The van der Waals surface area contributed by atoms with E-state index in [0.717, 1.165) is 35.1 Å². The third kappa shape index (κ3) is 3.26. The molecule has 0 saturated carbocycles. The Morgan fingerprint density at radius 1 is 0.826 bits per heavy atom. The summed E-state index contributed by atoms with van der Waals surface area (Å²) < 4.78 is 0. The van der Waals surface area contributed by atoms with E-state index in [1.165, 1.54) is 0 Å². The van der Waals surface area contributed by atoms with Gasteiger partial charge in [0, 0.05) is 0 Å². The molecule has 2 rings (SSSR count). The molecule has 4 heteroatoms. The zero-order valence-corrected chi connectivity index (χ0v) is 13.6. The fourth-order valence-electron chi connectivity index (χ4n) is 3.22. The van der Waals surface area contributed by atoms with Crippen molar-refractivity contribution in [2.45, 2.75) is 45.2 Å². The summed E-state index contributed by atoms with van der Waals surface area (Å²) in [6.07, 6.45) is 9.59. The minimum Gasteiger partial charge on any atom is -0.320 e. The number of nitrogens with two attached hydrogens (primary N) is 2. The van der Waals surface area contributed by atoms with Crippen molar-refractivity contribution in [1.29, 1.82) is 0 Å². The second-order valence-corrected chi connectivity index (χ2v) is 5.72. The van der Waals surface area contributed by atoms with E-state index in [2.05, 4.69) is 0 Å². The monoisotopic (exact) mass is 310 g/mol. The van der Waals surface area contributed by atoms with Gasteiger partial charge in [-0.2, -0.15) is 0 Å². The largest absolute Gasteiger partial charge is 0.320 e.